The van der Waals surface area contributed by atoms with E-state index in [1.807, 2.05) is 57.2 Å². The fraction of sp³-hybridized carbons (Fsp3) is 0.444. The van der Waals surface area contributed by atoms with Crippen LogP contribution in [0.2, 0.25) is 0 Å². The van der Waals surface area contributed by atoms with Crippen molar-refractivity contribution in [3.63, 3.8) is 0 Å². The number of nitrogens with zero attached hydrogens (tertiary/aromatic N) is 2. The minimum Gasteiger partial charge on any atom is -0.468 e. The smallest absolute Gasteiger partial charge is 0.186 e. The van der Waals surface area contributed by atoms with Crippen molar-refractivity contribution in [2.24, 2.45) is 0 Å². The molecule has 0 saturated heterocycles. The number of aliphatic hydroxyl groups excluding tert-OH is 2. The molecule has 3 rings (SSSR count). The van der Waals surface area contributed by atoms with E-state index in [4.69, 9.17) is 19.9 Å². The average Bonchev–Trinajstić information content (AvgIpc) is 3.17. The molecule has 1 aliphatic heterocycles. The molecule has 6 heteroatoms. The van der Waals surface area contributed by atoms with Gasteiger partial charge in [0, 0.05) is 17.8 Å². The van der Waals surface area contributed by atoms with Crippen molar-refractivity contribution in [1.82, 2.24) is 15.2 Å². The molecule has 180 valence electrons. The molecule has 2 unspecified atom stereocenters. The predicted octanol–water partition coefficient (Wildman–Crippen LogP) is 4.93. The second-order valence-corrected chi connectivity index (χ2v) is 8.12. The maximum absolute atomic E-state index is 9.08. The van der Waals surface area contributed by atoms with Crippen molar-refractivity contribution < 1.29 is 14.9 Å². The van der Waals surface area contributed by atoms with Gasteiger partial charge >= 0.3 is 0 Å². The van der Waals surface area contributed by atoms with Crippen LogP contribution in [0.5, 0.6) is 5.75 Å². The van der Waals surface area contributed by atoms with E-state index in [0.717, 1.165) is 54.2 Å². The molecule has 2 heterocycles. The van der Waals surface area contributed by atoms with E-state index in [2.05, 4.69) is 42.3 Å². The zero-order chi connectivity index (χ0) is 24.2. The van der Waals surface area contributed by atoms with E-state index < -0.39 is 0 Å². The van der Waals surface area contributed by atoms with Crippen molar-refractivity contribution in [1.29, 1.82) is 0 Å². The van der Waals surface area contributed by atoms with Crippen LogP contribution in [0.15, 0.2) is 54.6 Å². The molecule has 1 aromatic heterocycles. The molecule has 0 spiro atoms. The minimum absolute atomic E-state index is 0.102. The van der Waals surface area contributed by atoms with Crippen molar-refractivity contribution in [2.45, 2.75) is 66.2 Å². The van der Waals surface area contributed by atoms with Gasteiger partial charge in [-0.2, -0.15) is 0 Å². The predicted molar refractivity (Wildman–Crippen MR) is 135 cm³/mol. The highest BCUT2D eigenvalue weighted by Gasteiger charge is 2.31. The van der Waals surface area contributed by atoms with E-state index in [1.54, 1.807) is 0 Å². The molecule has 1 aromatic carbocycles. The van der Waals surface area contributed by atoms with Gasteiger partial charge in [-0.15, -0.1) is 0 Å². The van der Waals surface area contributed by atoms with E-state index in [9.17, 15) is 0 Å². The van der Waals surface area contributed by atoms with Crippen molar-refractivity contribution in [3.05, 3.63) is 71.6 Å². The van der Waals surface area contributed by atoms with Crippen LogP contribution < -0.4 is 10.1 Å². The van der Waals surface area contributed by atoms with Gasteiger partial charge in [0.25, 0.3) is 0 Å². The summed E-state index contributed by atoms with van der Waals surface area (Å²) in [7, 11) is 0. The van der Waals surface area contributed by atoms with Gasteiger partial charge in [0.15, 0.2) is 6.79 Å². The van der Waals surface area contributed by atoms with Crippen molar-refractivity contribution in [3.8, 4) is 5.75 Å². The first-order valence-electron chi connectivity index (χ1n) is 11.8. The summed E-state index contributed by atoms with van der Waals surface area (Å²) in [5.74, 6) is 0.640. The van der Waals surface area contributed by atoms with Crippen LogP contribution in [0.25, 0.3) is 11.4 Å². The molecule has 0 aliphatic carbocycles. The lowest BCUT2D eigenvalue weighted by atomic mass is 10.1. The first-order valence-corrected chi connectivity index (χ1v) is 11.8. The second kappa shape index (κ2) is 13.7. The normalized spacial score (nSPS) is 16.5. The molecule has 0 radical (unpaired) electrons. The fourth-order valence-corrected chi connectivity index (χ4v) is 3.78. The molecule has 6 nitrogen and oxygen atoms in total. The van der Waals surface area contributed by atoms with Gasteiger partial charge in [-0.1, -0.05) is 50.6 Å². The monoisotopic (exact) mass is 453 g/mol. The summed E-state index contributed by atoms with van der Waals surface area (Å²) < 4.78 is 5.28. The van der Waals surface area contributed by atoms with E-state index >= 15 is 0 Å². The zero-order valence-corrected chi connectivity index (χ0v) is 20.6. The maximum Gasteiger partial charge on any atom is 0.186 e. The molecule has 0 bridgehead atoms. The maximum atomic E-state index is 9.08. The molecule has 2 atom stereocenters. The molecule has 3 N–H and O–H groups in total. The van der Waals surface area contributed by atoms with Crippen LogP contribution in [0.4, 0.5) is 0 Å². The molecule has 2 aromatic rings. The quantitative estimate of drug-likeness (QED) is 0.369. The number of hydrogen-bond donors (Lipinski definition) is 3. The van der Waals surface area contributed by atoms with Gasteiger partial charge in [0.2, 0.25) is 0 Å². The molecular formula is C27H39N3O3. The number of aliphatic hydroxyl groups is 2. The SMILES string of the molecule is C/C=C\CN1C(c2cccc(C)n2)=C(c2cccc(OCO)c2)NC1CC.CCCC(C)O. The lowest BCUT2D eigenvalue weighted by molar-refractivity contribution is 0.0985. The topological polar surface area (TPSA) is 77.9 Å². The largest absolute Gasteiger partial charge is 0.468 e. The summed E-state index contributed by atoms with van der Waals surface area (Å²) in [5.41, 5.74) is 5.08. The number of nitrogens with one attached hydrogen (secondary N) is 1. The summed E-state index contributed by atoms with van der Waals surface area (Å²) in [5, 5.41) is 21.3. The third-order valence-electron chi connectivity index (χ3n) is 5.33. The Morgan fingerprint density at radius 1 is 1.21 bits per heavy atom. The van der Waals surface area contributed by atoms with Crippen LogP contribution in [0.1, 0.15) is 63.9 Å². The molecule has 0 amide bonds. The Labute approximate surface area is 198 Å². The molecule has 33 heavy (non-hydrogen) atoms. The van der Waals surface area contributed by atoms with Crippen molar-refractivity contribution in [2.75, 3.05) is 13.3 Å². The van der Waals surface area contributed by atoms with Crippen LogP contribution in [0, 0.1) is 6.92 Å². The van der Waals surface area contributed by atoms with Crippen molar-refractivity contribution >= 4 is 11.4 Å². The van der Waals surface area contributed by atoms with E-state index in [0.29, 0.717) is 5.75 Å². The van der Waals surface area contributed by atoms with Gasteiger partial charge in [-0.25, -0.2) is 0 Å². The summed E-state index contributed by atoms with van der Waals surface area (Å²) in [6, 6.07) is 13.9. The third kappa shape index (κ3) is 7.62. The van der Waals surface area contributed by atoms with Crippen LogP contribution >= 0.6 is 0 Å². The number of aromatic nitrogens is 1. The Kier molecular flexibility index (Phi) is 10.9. The number of hydrogen-bond acceptors (Lipinski definition) is 6. The number of benzene rings is 1. The van der Waals surface area contributed by atoms with E-state index in [1.165, 1.54) is 0 Å². The highest BCUT2D eigenvalue weighted by molar-refractivity contribution is 5.90. The summed E-state index contributed by atoms with van der Waals surface area (Å²) in [6.45, 7) is 10.6. The number of allylic oxidation sites excluding steroid dienone is 1. The third-order valence-corrected chi connectivity index (χ3v) is 5.33. The Bertz CT molecular complexity index is 924. The van der Waals surface area contributed by atoms with E-state index in [-0.39, 0.29) is 19.1 Å². The standard InChI is InChI=1S/C22H27N3O2.C5H12O/c1-4-6-13-25-20(5-2)24-21(17-10-8-11-18(14-17)27-15-26)22(25)19-12-7-9-16(3)23-19;1-3-4-5(2)6/h4,6-12,14,20,24,26H,5,13,15H2,1-3H3;5-6H,3-4H2,1-2H3/b6-4-;. The lowest BCUT2D eigenvalue weighted by Gasteiger charge is -2.27. The number of pyridine rings is 1. The minimum atomic E-state index is -0.340. The number of rotatable bonds is 9. The molecule has 0 fully saturated rings. The summed E-state index contributed by atoms with van der Waals surface area (Å²) >= 11 is 0. The zero-order valence-electron chi connectivity index (χ0n) is 20.6. The molecular weight excluding hydrogens is 414 g/mol. The highest BCUT2D eigenvalue weighted by Crippen LogP contribution is 2.35. The Morgan fingerprint density at radius 3 is 2.55 bits per heavy atom. The van der Waals surface area contributed by atoms with Gasteiger partial charge in [0.05, 0.1) is 29.4 Å². The number of aryl methyl sites for hydroxylation is 1. The Hall–Kier alpha value is -2.83. The fourth-order valence-electron chi connectivity index (χ4n) is 3.78. The Balaban J connectivity index is 0.000000569. The van der Waals surface area contributed by atoms with Crippen LogP contribution in [0.3, 0.4) is 0 Å². The van der Waals surface area contributed by atoms with Gasteiger partial charge in [0.1, 0.15) is 5.75 Å². The highest BCUT2D eigenvalue weighted by atomic mass is 16.6. The lowest BCUT2D eigenvalue weighted by Crippen LogP contribution is -2.36. The first-order chi connectivity index (χ1) is 15.9. The average molecular weight is 454 g/mol. The summed E-state index contributed by atoms with van der Waals surface area (Å²) in [4.78, 5) is 7.14. The molecule has 0 saturated carbocycles. The van der Waals surface area contributed by atoms with Gasteiger partial charge in [-0.05, 0) is 57.9 Å². The van der Waals surface area contributed by atoms with Gasteiger partial charge < -0.3 is 25.2 Å². The first kappa shape index (κ1) is 26.4. The second-order valence-electron chi connectivity index (χ2n) is 8.12. The van der Waals surface area contributed by atoms with Gasteiger partial charge in [-0.3, -0.25) is 4.98 Å². The number of ether oxygens (including phenoxy) is 1. The molecule has 1 aliphatic rings. The summed E-state index contributed by atoms with van der Waals surface area (Å²) in [6.07, 6.45) is 7.29. The van der Waals surface area contributed by atoms with Crippen LogP contribution in [-0.2, 0) is 0 Å². The van der Waals surface area contributed by atoms with Crippen LogP contribution in [-0.4, -0.2) is 45.7 Å². The Morgan fingerprint density at radius 2 is 1.97 bits per heavy atom.